The van der Waals surface area contributed by atoms with Crippen LogP contribution in [0.15, 0.2) is 12.1 Å². The summed E-state index contributed by atoms with van der Waals surface area (Å²) >= 11 is 0. The van der Waals surface area contributed by atoms with E-state index < -0.39 is 10.8 Å². The Balaban J connectivity index is 2.13. The minimum absolute atomic E-state index is 0.0104. The summed E-state index contributed by atoms with van der Waals surface area (Å²) in [6.45, 7) is 0.278. The van der Waals surface area contributed by atoms with Crippen LogP contribution in [0.1, 0.15) is 0 Å². The number of nitrogens with two attached hydrogens (primary N) is 1. The first kappa shape index (κ1) is 14.0. The molecule has 108 valence electrons. The molecule has 3 N–H and O–H groups in total. The Morgan fingerprint density at radius 1 is 1.45 bits per heavy atom. The highest BCUT2D eigenvalue weighted by Gasteiger charge is 2.24. The number of nitro benzene ring substituents is 1. The van der Waals surface area contributed by atoms with Gasteiger partial charge in [-0.25, -0.2) is 0 Å². The molecule has 1 amide bonds. The van der Waals surface area contributed by atoms with Crippen molar-refractivity contribution in [1.82, 2.24) is 0 Å². The van der Waals surface area contributed by atoms with E-state index >= 15 is 0 Å². The maximum absolute atomic E-state index is 11.6. The number of nitro groups is 1. The van der Waals surface area contributed by atoms with Gasteiger partial charge in [0.1, 0.15) is 12.3 Å². The van der Waals surface area contributed by atoms with Crippen LogP contribution in [0, 0.1) is 10.1 Å². The lowest BCUT2D eigenvalue weighted by atomic mass is 10.2. The molecule has 0 spiro atoms. The van der Waals surface area contributed by atoms with Crippen LogP contribution in [-0.4, -0.2) is 37.4 Å². The summed E-state index contributed by atoms with van der Waals surface area (Å²) in [6, 6.07) is 2.56. The van der Waals surface area contributed by atoms with E-state index in [1.807, 2.05) is 0 Å². The third kappa shape index (κ3) is 3.13. The number of fused-ring (bicyclic) bond motifs is 1. The second-order valence-electron chi connectivity index (χ2n) is 3.87. The van der Waals surface area contributed by atoms with E-state index in [9.17, 15) is 14.9 Å². The standard InChI is InChI=1S/C11H13N3O6/c12-1-2-18-5-11(15)13-7-3-9-10(20-6-19-9)4-8(7)14(16)17/h3-4H,1-2,5-6,12H2,(H,13,15). The van der Waals surface area contributed by atoms with Gasteiger partial charge in [0.05, 0.1) is 17.6 Å². The van der Waals surface area contributed by atoms with Crippen molar-refractivity contribution in [3.8, 4) is 11.5 Å². The zero-order valence-corrected chi connectivity index (χ0v) is 10.5. The minimum atomic E-state index is -0.613. The second-order valence-corrected chi connectivity index (χ2v) is 3.87. The van der Waals surface area contributed by atoms with E-state index in [0.717, 1.165) is 0 Å². The summed E-state index contributed by atoms with van der Waals surface area (Å²) < 4.78 is 15.1. The number of anilines is 1. The van der Waals surface area contributed by atoms with E-state index in [2.05, 4.69) is 5.32 Å². The number of carbonyl (C=O) groups is 1. The SMILES string of the molecule is NCCOCC(=O)Nc1cc2c(cc1[N+](=O)[O-])OCO2. The number of benzene rings is 1. The summed E-state index contributed by atoms with van der Waals surface area (Å²) in [4.78, 5) is 22.0. The molecule has 0 saturated heterocycles. The van der Waals surface area contributed by atoms with Crippen molar-refractivity contribution in [2.24, 2.45) is 5.73 Å². The predicted octanol–water partition coefficient (Wildman–Crippen LogP) is 0.237. The Bertz CT molecular complexity index is 533. The molecule has 0 bridgehead atoms. The molecular weight excluding hydrogens is 270 g/mol. The van der Waals surface area contributed by atoms with Gasteiger partial charge < -0.3 is 25.3 Å². The number of nitrogens with zero attached hydrogens (tertiary/aromatic N) is 1. The molecule has 0 saturated carbocycles. The number of amides is 1. The molecule has 1 aliphatic heterocycles. The van der Waals surface area contributed by atoms with Gasteiger partial charge in [-0.1, -0.05) is 0 Å². The van der Waals surface area contributed by atoms with Gasteiger partial charge in [-0.15, -0.1) is 0 Å². The average molecular weight is 283 g/mol. The van der Waals surface area contributed by atoms with Gasteiger partial charge >= 0.3 is 0 Å². The number of hydrogen-bond donors (Lipinski definition) is 2. The molecule has 20 heavy (non-hydrogen) atoms. The first-order valence-corrected chi connectivity index (χ1v) is 5.77. The maximum atomic E-state index is 11.6. The van der Waals surface area contributed by atoms with Crippen LogP contribution in [0.3, 0.4) is 0 Å². The van der Waals surface area contributed by atoms with Crippen molar-refractivity contribution in [3.05, 3.63) is 22.2 Å². The van der Waals surface area contributed by atoms with Gasteiger partial charge in [-0.3, -0.25) is 14.9 Å². The fraction of sp³-hybridized carbons (Fsp3) is 0.364. The lowest BCUT2D eigenvalue weighted by Gasteiger charge is -2.07. The molecule has 9 heteroatoms. The normalized spacial score (nSPS) is 12.2. The fourth-order valence-electron chi connectivity index (χ4n) is 1.62. The van der Waals surface area contributed by atoms with Crippen LogP contribution in [0.25, 0.3) is 0 Å². The summed E-state index contributed by atoms with van der Waals surface area (Å²) in [5.41, 5.74) is 4.97. The van der Waals surface area contributed by atoms with Crippen molar-refractivity contribution >= 4 is 17.3 Å². The number of carbonyl (C=O) groups excluding carboxylic acids is 1. The van der Waals surface area contributed by atoms with Crippen molar-refractivity contribution in [1.29, 1.82) is 0 Å². The molecule has 2 rings (SSSR count). The highest BCUT2D eigenvalue weighted by Crippen LogP contribution is 2.40. The topological polar surface area (TPSA) is 126 Å². The van der Waals surface area contributed by atoms with E-state index in [0.29, 0.717) is 5.75 Å². The fourth-order valence-corrected chi connectivity index (χ4v) is 1.62. The quantitative estimate of drug-likeness (QED) is 0.435. The van der Waals surface area contributed by atoms with E-state index in [1.54, 1.807) is 0 Å². The molecule has 0 radical (unpaired) electrons. The van der Waals surface area contributed by atoms with Gasteiger partial charge in [-0.05, 0) is 0 Å². The Labute approximate surface area is 113 Å². The second kappa shape index (κ2) is 6.17. The molecule has 0 fully saturated rings. The largest absolute Gasteiger partial charge is 0.454 e. The Morgan fingerprint density at radius 2 is 2.15 bits per heavy atom. The first-order chi connectivity index (χ1) is 9.61. The van der Waals surface area contributed by atoms with Crippen LogP contribution in [-0.2, 0) is 9.53 Å². The number of nitrogens with one attached hydrogen (secondary N) is 1. The molecular formula is C11H13N3O6. The van der Waals surface area contributed by atoms with Crippen molar-refractivity contribution in [2.45, 2.75) is 0 Å². The zero-order valence-electron chi connectivity index (χ0n) is 10.5. The molecule has 1 aliphatic rings. The van der Waals surface area contributed by atoms with Gasteiger partial charge in [0, 0.05) is 12.6 Å². The zero-order chi connectivity index (χ0) is 14.5. The van der Waals surface area contributed by atoms with Gasteiger partial charge in [0.15, 0.2) is 11.5 Å². The molecule has 1 aromatic rings. The summed E-state index contributed by atoms with van der Waals surface area (Å²) in [7, 11) is 0. The third-order valence-electron chi connectivity index (χ3n) is 2.46. The van der Waals surface area contributed by atoms with E-state index in [4.69, 9.17) is 19.9 Å². The van der Waals surface area contributed by atoms with Gasteiger partial charge in [0.2, 0.25) is 6.79 Å². The lowest BCUT2D eigenvalue weighted by molar-refractivity contribution is -0.384. The molecule has 0 aliphatic carbocycles. The van der Waals surface area contributed by atoms with Crippen molar-refractivity contribution in [2.75, 3.05) is 31.9 Å². The predicted molar refractivity (Wildman–Crippen MR) is 67.7 cm³/mol. The molecule has 1 aromatic carbocycles. The lowest BCUT2D eigenvalue weighted by Crippen LogP contribution is -2.21. The average Bonchev–Trinajstić information content (AvgIpc) is 2.85. The van der Waals surface area contributed by atoms with Crippen LogP contribution >= 0.6 is 0 Å². The Kier molecular flexibility index (Phi) is 4.33. The molecule has 0 atom stereocenters. The number of rotatable bonds is 6. The monoisotopic (exact) mass is 283 g/mol. The first-order valence-electron chi connectivity index (χ1n) is 5.77. The van der Waals surface area contributed by atoms with Crippen LogP contribution in [0.5, 0.6) is 11.5 Å². The number of ether oxygens (including phenoxy) is 3. The molecule has 0 unspecified atom stereocenters. The van der Waals surface area contributed by atoms with Crippen LogP contribution in [0.4, 0.5) is 11.4 Å². The van der Waals surface area contributed by atoms with E-state index in [1.165, 1.54) is 12.1 Å². The van der Waals surface area contributed by atoms with Crippen LogP contribution < -0.4 is 20.5 Å². The minimum Gasteiger partial charge on any atom is -0.454 e. The Hall–Kier alpha value is -2.39. The molecule has 1 heterocycles. The smallest absolute Gasteiger partial charge is 0.296 e. The summed E-state index contributed by atoms with van der Waals surface area (Å²) in [6.07, 6.45) is 0. The highest BCUT2D eigenvalue weighted by molar-refractivity contribution is 5.94. The number of hydrogen-bond acceptors (Lipinski definition) is 7. The van der Waals surface area contributed by atoms with Crippen LogP contribution in [0.2, 0.25) is 0 Å². The maximum Gasteiger partial charge on any atom is 0.296 e. The van der Waals surface area contributed by atoms with Crippen molar-refractivity contribution < 1.29 is 23.9 Å². The summed E-state index contributed by atoms with van der Waals surface area (Å²) in [5, 5.41) is 13.4. The van der Waals surface area contributed by atoms with Crippen molar-refractivity contribution in [3.63, 3.8) is 0 Å². The molecule has 9 nitrogen and oxygen atoms in total. The van der Waals surface area contributed by atoms with Gasteiger partial charge in [-0.2, -0.15) is 0 Å². The summed E-state index contributed by atoms with van der Waals surface area (Å²) in [5.74, 6) is 0.100. The molecule has 0 aromatic heterocycles. The van der Waals surface area contributed by atoms with Gasteiger partial charge in [0.25, 0.3) is 11.6 Å². The highest BCUT2D eigenvalue weighted by atomic mass is 16.7. The third-order valence-corrected chi connectivity index (χ3v) is 2.46. The Morgan fingerprint density at radius 3 is 2.80 bits per heavy atom. The van der Waals surface area contributed by atoms with E-state index in [-0.39, 0.29) is 43.7 Å².